The van der Waals surface area contributed by atoms with E-state index in [-0.39, 0.29) is 0 Å². The SMILES string of the molecule is CNC(c1c(C)nn(C)c1C)C1CCC(C)C(C)C1. The van der Waals surface area contributed by atoms with Crippen LogP contribution < -0.4 is 5.32 Å². The minimum atomic E-state index is 0.462. The Kier molecular flexibility index (Phi) is 4.34. The van der Waals surface area contributed by atoms with Gasteiger partial charge in [-0.25, -0.2) is 0 Å². The second-order valence-electron chi connectivity index (χ2n) is 6.50. The molecule has 0 aliphatic heterocycles. The zero-order chi connectivity index (χ0) is 14.2. The Bertz CT molecular complexity index is 435. The third kappa shape index (κ3) is 2.71. The lowest BCUT2D eigenvalue weighted by Gasteiger charge is -2.37. The van der Waals surface area contributed by atoms with Crippen LogP contribution in [0.1, 0.15) is 56.1 Å². The Balaban J connectivity index is 2.25. The number of rotatable bonds is 3. The molecular formula is C16H29N3. The first-order valence-corrected chi connectivity index (χ1v) is 7.63. The van der Waals surface area contributed by atoms with Crippen LogP contribution >= 0.6 is 0 Å². The van der Waals surface area contributed by atoms with Crippen molar-refractivity contribution in [2.75, 3.05) is 7.05 Å². The number of hydrogen-bond acceptors (Lipinski definition) is 2. The average Bonchev–Trinajstić information content (AvgIpc) is 2.61. The van der Waals surface area contributed by atoms with Crippen LogP contribution in [0.5, 0.6) is 0 Å². The molecule has 0 amide bonds. The molecule has 1 aromatic heterocycles. The Hall–Kier alpha value is -0.830. The van der Waals surface area contributed by atoms with E-state index < -0.39 is 0 Å². The van der Waals surface area contributed by atoms with Gasteiger partial charge in [-0.2, -0.15) is 5.10 Å². The fourth-order valence-corrected chi connectivity index (χ4v) is 3.75. The van der Waals surface area contributed by atoms with Gasteiger partial charge in [-0.1, -0.05) is 20.3 Å². The molecule has 1 aliphatic rings. The lowest BCUT2D eigenvalue weighted by molar-refractivity contribution is 0.174. The van der Waals surface area contributed by atoms with Gasteiger partial charge in [-0.05, 0) is 51.5 Å². The van der Waals surface area contributed by atoms with Crippen molar-refractivity contribution in [3.63, 3.8) is 0 Å². The lowest BCUT2D eigenvalue weighted by Crippen LogP contribution is -2.32. The van der Waals surface area contributed by atoms with E-state index in [4.69, 9.17) is 0 Å². The average molecular weight is 263 g/mol. The molecule has 3 heteroatoms. The lowest BCUT2D eigenvalue weighted by atomic mass is 9.72. The van der Waals surface area contributed by atoms with Crippen LogP contribution in [0.3, 0.4) is 0 Å². The highest BCUT2D eigenvalue weighted by atomic mass is 15.3. The van der Waals surface area contributed by atoms with Gasteiger partial charge in [0, 0.05) is 24.3 Å². The summed E-state index contributed by atoms with van der Waals surface area (Å²) in [4.78, 5) is 0. The summed E-state index contributed by atoms with van der Waals surface area (Å²) in [5.41, 5.74) is 3.92. The van der Waals surface area contributed by atoms with Gasteiger partial charge in [0.25, 0.3) is 0 Å². The summed E-state index contributed by atoms with van der Waals surface area (Å²) in [6.07, 6.45) is 4.04. The molecule has 0 aromatic carbocycles. The Morgan fingerprint density at radius 2 is 1.89 bits per heavy atom. The summed E-state index contributed by atoms with van der Waals surface area (Å²) in [6.45, 7) is 9.14. The zero-order valence-corrected chi connectivity index (χ0v) is 13.3. The maximum absolute atomic E-state index is 4.58. The number of aryl methyl sites for hydroxylation is 2. The van der Waals surface area contributed by atoms with Crippen molar-refractivity contribution in [1.29, 1.82) is 0 Å². The van der Waals surface area contributed by atoms with Gasteiger partial charge in [0.15, 0.2) is 0 Å². The number of hydrogen-bond donors (Lipinski definition) is 1. The van der Waals surface area contributed by atoms with Crippen LogP contribution in [0, 0.1) is 31.6 Å². The molecule has 4 unspecified atom stereocenters. The number of aromatic nitrogens is 2. The molecule has 0 bridgehead atoms. The molecule has 2 rings (SSSR count). The summed E-state index contributed by atoms with van der Waals surface area (Å²) in [7, 11) is 4.14. The van der Waals surface area contributed by atoms with E-state index in [1.807, 2.05) is 11.7 Å². The van der Waals surface area contributed by atoms with Crippen LogP contribution in [0.15, 0.2) is 0 Å². The first kappa shape index (κ1) is 14.6. The fourth-order valence-electron chi connectivity index (χ4n) is 3.75. The topological polar surface area (TPSA) is 29.9 Å². The van der Waals surface area contributed by atoms with Crippen LogP contribution in [0.25, 0.3) is 0 Å². The molecule has 1 heterocycles. The van der Waals surface area contributed by atoms with Crippen molar-refractivity contribution >= 4 is 0 Å². The number of nitrogens with zero attached hydrogens (tertiary/aromatic N) is 2. The largest absolute Gasteiger partial charge is 0.313 e. The van der Waals surface area contributed by atoms with Gasteiger partial charge in [0.1, 0.15) is 0 Å². The van der Waals surface area contributed by atoms with Gasteiger partial charge in [0.05, 0.1) is 5.69 Å². The van der Waals surface area contributed by atoms with E-state index in [1.54, 1.807) is 0 Å². The predicted molar refractivity (Wildman–Crippen MR) is 80.2 cm³/mol. The molecule has 1 aliphatic carbocycles. The summed E-state index contributed by atoms with van der Waals surface area (Å²) < 4.78 is 2.02. The van der Waals surface area contributed by atoms with E-state index in [2.05, 4.69) is 45.2 Å². The molecule has 1 fully saturated rings. The molecule has 0 saturated heterocycles. The molecular weight excluding hydrogens is 234 g/mol. The van der Waals surface area contributed by atoms with Crippen molar-refractivity contribution in [3.8, 4) is 0 Å². The van der Waals surface area contributed by atoms with Gasteiger partial charge in [-0.3, -0.25) is 4.68 Å². The minimum Gasteiger partial charge on any atom is -0.313 e. The Labute approximate surface area is 117 Å². The van der Waals surface area contributed by atoms with Gasteiger partial charge in [0.2, 0.25) is 0 Å². The fraction of sp³-hybridized carbons (Fsp3) is 0.812. The standard InChI is InChI=1S/C16H29N3/c1-10-7-8-14(9-11(10)2)16(17-5)15-12(3)18-19(6)13(15)4/h10-11,14,16-17H,7-9H2,1-6H3. The van der Waals surface area contributed by atoms with E-state index in [9.17, 15) is 0 Å². The second-order valence-corrected chi connectivity index (χ2v) is 6.50. The molecule has 1 saturated carbocycles. The first-order chi connectivity index (χ1) is 8.95. The highest BCUT2D eigenvalue weighted by Crippen LogP contribution is 2.41. The van der Waals surface area contributed by atoms with Crippen molar-refractivity contribution in [1.82, 2.24) is 15.1 Å². The molecule has 4 atom stereocenters. The van der Waals surface area contributed by atoms with E-state index in [0.29, 0.717) is 6.04 Å². The molecule has 19 heavy (non-hydrogen) atoms. The second kappa shape index (κ2) is 5.66. The normalized spacial score (nSPS) is 29.5. The Morgan fingerprint density at radius 1 is 1.21 bits per heavy atom. The first-order valence-electron chi connectivity index (χ1n) is 7.63. The zero-order valence-electron chi connectivity index (χ0n) is 13.3. The van der Waals surface area contributed by atoms with Gasteiger partial charge >= 0.3 is 0 Å². The molecule has 1 aromatic rings. The molecule has 108 valence electrons. The Morgan fingerprint density at radius 3 is 2.37 bits per heavy atom. The summed E-state index contributed by atoms with van der Waals surface area (Å²) in [5, 5.41) is 8.15. The summed E-state index contributed by atoms with van der Waals surface area (Å²) in [6, 6.07) is 0.462. The molecule has 3 nitrogen and oxygen atoms in total. The van der Waals surface area contributed by atoms with Gasteiger partial charge in [-0.15, -0.1) is 0 Å². The van der Waals surface area contributed by atoms with Crippen LogP contribution in [0.4, 0.5) is 0 Å². The third-order valence-electron chi connectivity index (χ3n) is 5.30. The number of nitrogens with one attached hydrogen (secondary N) is 1. The monoisotopic (exact) mass is 263 g/mol. The molecule has 1 N–H and O–H groups in total. The smallest absolute Gasteiger partial charge is 0.0644 e. The minimum absolute atomic E-state index is 0.462. The maximum Gasteiger partial charge on any atom is 0.0644 e. The van der Waals surface area contributed by atoms with Crippen molar-refractivity contribution in [3.05, 3.63) is 17.0 Å². The highest BCUT2D eigenvalue weighted by molar-refractivity contribution is 5.29. The maximum atomic E-state index is 4.58. The van der Waals surface area contributed by atoms with Crippen LogP contribution in [-0.4, -0.2) is 16.8 Å². The van der Waals surface area contributed by atoms with E-state index >= 15 is 0 Å². The predicted octanol–water partition coefficient (Wildman–Crippen LogP) is 3.37. The molecule has 0 radical (unpaired) electrons. The van der Waals surface area contributed by atoms with E-state index in [1.165, 1.54) is 36.2 Å². The summed E-state index contributed by atoms with van der Waals surface area (Å²) >= 11 is 0. The van der Waals surface area contributed by atoms with Crippen molar-refractivity contribution in [2.45, 2.75) is 53.0 Å². The van der Waals surface area contributed by atoms with E-state index in [0.717, 1.165) is 17.8 Å². The molecule has 0 spiro atoms. The van der Waals surface area contributed by atoms with Gasteiger partial charge < -0.3 is 5.32 Å². The van der Waals surface area contributed by atoms with Crippen LogP contribution in [0.2, 0.25) is 0 Å². The van der Waals surface area contributed by atoms with Crippen LogP contribution in [-0.2, 0) is 7.05 Å². The summed E-state index contributed by atoms with van der Waals surface area (Å²) in [5.74, 6) is 2.47. The highest BCUT2D eigenvalue weighted by Gasteiger charge is 2.32. The quantitative estimate of drug-likeness (QED) is 0.906. The van der Waals surface area contributed by atoms with Crippen molar-refractivity contribution in [2.24, 2.45) is 24.8 Å². The van der Waals surface area contributed by atoms with Crippen molar-refractivity contribution < 1.29 is 0 Å². The third-order valence-corrected chi connectivity index (χ3v) is 5.30.